The van der Waals surface area contributed by atoms with Crippen molar-refractivity contribution in [2.75, 3.05) is 12.4 Å². The number of esters is 1. The number of amides is 2. The smallest absolute Gasteiger partial charge is 0.319 e. The molecule has 0 aliphatic heterocycles. The number of carbonyl (C=O) groups excluding carboxylic acids is 2. The van der Waals surface area contributed by atoms with Crippen molar-refractivity contribution in [3.8, 4) is 0 Å². The van der Waals surface area contributed by atoms with Crippen molar-refractivity contribution in [3.05, 3.63) is 44.7 Å². The first-order valence-corrected chi connectivity index (χ1v) is 8.40. The van der Waals surface area contributed by atoms with E-state index in [0.717, 1.165) is 3.57 Å². The zero-order chi connectivity index (χ0) is 17.7. The molecule has 0 aliphatic carbocycles. The van der Waals surface area contributed by atoms with Crippen molar-refractivity contribution in [3.63, 3.8) is 0 Å². The summed E-state index contributed by atoms with van der Waals surface area (Å²) >= 11 is 8.24. The van der Waals surface area contributed by atoms with Crippen LogP contribution in [0.2, 0.25) is 5.02 Å². The molecule has 0 saturated heterocycles. The summed E-state index contributed by atoms with van der Waals surface area (Å²) < 4.78 is 5.67. The van der Waals surface area contributed by atoms with Crippen LogP contribution >= 0.6 is 34.2 Å². The Bertz CT molecular complexity index is 738. The van der Waals surface area contributed by atoms with Gasteiger partial charge in [0.25, 0.3) is 0 Å². The van der Waals surface area contributed by atoms with Crippen LogP contribution in [-0.4, -0.2) is 29.3 Å². The summed E-state index contributed by atoms with van der Waals surface area (Å²) in [6, 6.07) is 4.78. The third kappa shape index (κ3) is 4.60. The van der Waals surface area contributed by atoms with Gasteiger partial charge in [-0.2, -0.15) is 5.10 Å². The first kappa shape index (κ1) is 18.5. The fourth-order valence-corrected chi connectivity index (χ4v) is 3.03. The van der Waals surface area contributed by atoms with Crippen LogP contribution in [0.1, 0.15) is 18.9 Å². The number of carbonyl (C=O) groups is 2. The lowest BCUT2D eigenvalue weighted by atomic mass is 9.91. The predicted molar refractivity (Wildman–Crippen MR) is 98.9 cm³/mol. The van der Waals surface area contributed by atoms with E-state index in [4.69, 9.17) is 16.3 Å². The number of benzene rings is 1. The second-order valence-electron chi connectivity index (χ2n) is 5.28. The predicted octanol–water partition coefficient (Wildman–Crippen LogP) is 3.27. The molecule has 3 N–H and O–H groups in total. The van der Waals surface area contributed by atoms with Crippen molar-refractivity contribution < 1.29 is 14.3 Å². The van der Waals surface area contributed by atoms with Gasteiger partial charge in [0.2, 0.25) is 0 Å². The second-order valence-corrected chi connectivity index (χ2v) is 6.93. The molecule has 2 amide bonds. The molecule has 0 unspecified atom stereocenters. The van der Waals surface area contributed by atoms with E-state index >= 15 is 0 Å². The molecule has 24 heavy (non-hydrogen) atoms. The molecule has 0 spiro atoms. The molecule has 0 aliphatic rings. The van der Waals surface area contributed by atoms with Gasteiger partial charge in [-0.25, -0.2) is 4.79 Å². The zero-order valence-electron chi connectivity index (χ0n) is 13.0. The van der Waals surface area contributed by atoms with Gasteiger partial charge in [0, 0.05) is 15.3 Å². The van der Waals surface area contributed by atoms with E-state index in [9.17, 15) is 9.59 Å². The number of rotatable bonds is 5. The van der Waals surface area contributed by atoms with E-state index in [-0.39, 0.29) is 6.42 Å². The zero-order valence-corrected chi connectivity index (χ0v) is 15.9. The van der Waals surface area contributed by atoms with Gasteiger partial charge in [-0.15, -0.1) is 0 Å². The lowest BCUT2D eigenvalue weighted by molar-refractivity contribution is -0.142. The molecule has 0 radical (unpaired) electrons. The number of anilines is 1. The Hall–Kier alpha value is -1.81. The maximum absolute atomic E-state index is 12.4. The SMILES string of the molecule is COC(=O)C[C@](C)(NC(=O)Nc1ccc(I)cc1Cl)c1cn[nH]c1. The topological polar surface area (TPSA) is 96.1 Å². The monoisotopic (exact) mass is 462 g/mol. The Morgan fingerprint density at radius 1 is 1.46 bits per heavy atom. The normalized spacial score (nSPS) is 13.0. The van der Waals surface area contributed by atoms with Crippen LogP contribution in [0.25, 0.3) is 0 Å². The molecule has 128 valence electrons. The van der Waals surface area contributed by atoms with Crippen LogP contribution in [-0.2, 0) is 15.1 Å². The minimum absolute atomic E-state index is 0.0448. The molecule has 1 aromatic heterocycles. The van der Waals surface area contributed by atoms with Crippen LogP contribution in [0.15, 0.2) is 30.6 Å². The lowest BCUT2D eigenvalue weighted by Crippen LogP contribution is -2.47. The van der Waals surface area contributed by atoms with Gasteiger partial charge >= 0.3 is 12.0 Å². The Labute approximate surface area is 157 Å². The third-order valence-electron chi connectivity index (χ3n) is 3.43. The van der Waals surface area contributed by atoms with Crippen LogP contribution in [0.5, 0.6) is 0 Å². The number of ether oxygens (including phenoxy) is 1. The Balaban J connectivity index is 2.16. The highest BCUT2D eigenvalue weighted by Gasteiger charge is 2.33. The fraction of sp³-hybridized carbons (Fsp3) is 0.267. The molecular formula is C15H16ClIN4O3. The fourth-order valence-electron chi connectivity index (χ4n) is 2.13. The summed E-state index contributed by atoms with van der Waals surface area (Å²) in [5.41, 5.74) is 0.138. The van der Waals surface area contributed by atoms with Gasteiger partial charge in [-0.05, 0) is 47.7 Å². The molecule has 1 aromatic carbocycles. The number of urea groups is 1. The van der Waals surface area contributed by atoms with Gasteiger partial charge in [-0.3, -0.25) is 9.89 Å². The summed E-state index contributed by atoms with van der Waals surface area (Å²) in [6.45, 7) is 1.71. The third-order valence-corrected chi connectivity index (χ3v) is 4.41. The summed E-state index contributed by atoms with van der Waals surface area (Å²) in [7, 11) is 1.30. The summed E-state index contributed by atoms with van der Waals surface area (Å²) in [6.07, 6.45) is 3.11. The average Bonchev–Trinajstić information content (AvgIpc) is 3.05. The molecule has 7 nitrogen and oxygen atoms in total. The number of hydrogen-bond acceptors (Lipinski definition) is 4. The Morgan fingerprint density at radius 3 is 2.79 bits per heavy atom. The minimum Gasteiger partial charge on any atom is -0.469 e. The highest BCUT2D eigenvalue weighted by atomic mass is 127. The van der Waals surface area contributed by atoms with Crippen LogP contribution in [0.3, 0.4) is 0 Å². The minimum atomic E-state index is -0.986. The first-order valence-electron chi connectivity index (χ1n) is 6.94. The average molecular weight is 463 g/mol. The first-order chi connectivity index (χ1) is 11.3. The number of nitrogens with one attached hydrogen (secondary N) is 3. The number of nitrogens with zero attached hydrogens (tertiary/aromatic N) is 1. The van der Waals surface area contributed by atoms with Crippen LogP contribution in [0.4, 0.5) is 10.5 Å². The highest BCUT2D eigenvalue weighted by molar-refractivity contribution is 14.1. The summed E-state index contributed by atoms with van der Waals surface area (Å²) in [5, 5.41) is 12.4. The Kier molecular flexibility index (Phi) is 6.05. The quantitative estimate of drug-likeness (QED) is 0.469. The Morgan fingerprint density at radius 2 is 2.21 bits per heavy atom. The number of aromatic amines is 1. The number of H-pyrrole nitrogens is 1. The van der Waals surface area contributed by atoms with E-state index in [2.05, 4.69) is 43.4 Å². The van der Waals surface area contributed by atoms with Gasteiger partial charge in [-0.1, -0.05) is 11.6 Å². The van der Waals surface area contributed by atoms with Crippen LogP contribution in [0, 0.1) is 3.57 Å². The molecule has 1 heterocycles. The molecule has 0 saturated carbocycles. The number of halogens is 2. The molecule has 1 atom stereocenters. The maximum Gasteiger partial charge on any atom is 0.319 e. The molecular weight excluding hydrogens is 447 g/mol. The number of methoxy groups -OCH3 is 1. The van der Waals surface area contributed by atoms with E-state index in [0.29, 0.717) is 16.3 Å². The van der Waals surface area contributed by atoms with E-state index < -0.39 is 17.5 Å². The van der Waals surface area contributed by atoms with E-state index in [1.54, 1.807) is 31.5 Å². The van der Waals surface area contributed by atoms with E-state index in [1.807, 2.05) is 6.07 Å². The van der Waals surface area contributed by atoms with Gasteiger partial charge in [0.05, 0.1) is 36.0 Å². The van der Waals surface area contributed by atoms with Gasteiger partial charge in [0.15, 0.2) is 0 Å². The molecule has 9 heteroatoms. The number of hydrogen-bond donors (Lipinski definition) is 3. The van der Waals surface area contributed by atoms with Crippen molar-refractivity contribution in [1.29, 1.82) is 0 Å². The largest absolute Gasteiger partial charge is 0.469 e. The van der Waals surface area contributed by atoms with Crippen molar-refractivity contribution >= 4 is 51.9 Å². The maximum atomic E-state index is 12.4. The van der Waals surface area contributed by atoms with E-state index in [1.165, 1.54) is 7.11 Å². The van der Waals surface area contributed by atoms with Crippen LogP contribution < -0.4 is 10.6 Å². The standard InChI is InChI=1S/C15H16ClIN4O3/c1-15(6-13(22)24-2,9-7-18-19-8-9)21-14(23)20-12-4-3-10(17)5-11(12)16/h3-5,7-8H,6H2,1-2H3,(H,18,19)(H2,20,21,23)/t15-/m0/s1. The van der Waals surface area contributed by atoms with Gasteiger partial charge < -0.3 is 15.4 Å². The highest BCUT2D eigenvalue weighted by Crippen LogP contribution is 2.26. The lowest BCUT2D eigenvalue weighted by Gasteiger charge is -2.29. The van der Waals surface area contributed by atoms with Crippen molar-refractivity contribution in [1.82, 2.24) is 15.5 Å². The van der Waals surface area contributed by atoms with Crippen molar-refractivity contribution in [2.24, 2.45) is 0 Å². The number of aromatic nitrogens is 2. The summed E-state index contributed by atoms with van der Waals surface area (Å²) in [4.78, 5) is 24.1. The molecule has 0 bridgehead atoms. The second kappa shape index (κ2) is 7.84. The molecule has 2 rings (SSSR count). The summed E-state index contributed by atoms with van der Waals surface area (Å²) in [5.74, 6) is -0.453. The molecule has 0 fully saturated rings. The molecule has 2 aromatic rings. The van der Waals surface area contributed by atoms with Gasteiger partial charge in [0.1, 0.15) is 0 Å². The van der Waals surface area contributed by atoms with Crippen molar-refractivity contribution in [2.45, 2.75) is 18.9 Å².